The summed E-state index contributed by atoms with van der Waals surface area (Å²) in [7, 11) is 1.67. The molecule has 0 radical (unpaired) electrons. The van der Waals surface area contributed by atoms with E-state index in [4.69, 9.17) is 14.2 Å². The highest BCUT2D eigenvalue weighted by atomic mass is 79.9. The van der Waals surface area contributed by atoms with Gasteiger partial charge in [-0.1, -0.05) is 6.07 Å². The molecule has 0 aromatic heterocycles. The number of hydrogen-bond donors (Lipinski definition) is 1. The van der Waals surface area contributed by atoms with Crippen molar-refractivity contribution in [1.29, 1.82) is 0 Å². The van der Waals surface area contributed by atoms with Crippen LogP contribution in [-0.4, -0.2) is 39.6 Å². The zero-order valence-corrected chi connectivity index (χ0v) is 12.9. The lowest BCUT2D eigenvalue weighted by atomic mass is 10.1. The highest BCUT2D eigenvalue weighted by molar-refractivity contribution is 9.10. The van der Waals surface area contributed by atoms with Gasteiger partial charge in [-0.15, -0.1) is 0 Å². The molecule has 0 bridgehead atoms. The Hall–Kier alpha value is -0.620. The van der Waals surface area contributed by atoms with E-state index in [9.17, 15) is 0 Å². The van der Waals surface area contributed by atoms with E-state index in [-0.39, 0.29) is 12.1 Å². The Balaban J connectivity index is 1.88. The average molecular weight is 330 g/mol. The number of methoxy groups -OCH3 is 1. The molecule has 19 heavy (non-hydrogen) atoms. The van der Waals surface area contributed by atoms with E-state index in [0.717, 1.165) is 16.8 Å². The van der Waals surface area contributed by atoms with Crippen LogP contribution in [0.5, 0.6) is 5.75 Å². The first-order chi connectivity index (χ1) is 9.20. The lowest BCUT2D eigenvalue weighted by Crippen LogP contribution is -2.38. The van der Waals surface area contributed by atoms with Gasteiger partial charge in [-0.3, -0.25) is 0 Å². The van der Waals surface area contributed by atoms with Crippen LogP contribution >= 0.6 is 15.9 Å². The normalized spacial score (nSPS) is 21.1. The number of ether oxygens (including phenoxy) is 3. The fourth-order valence-corrected chi connectivity index (χ4v) is 2.59. The molecule has 106 valence electrons. The molecule has 2 atom stereocenters. The van der Waals surface area contributed by atoms with Crippen molar-refractivity contribution in [3.8, 4) is 5.75 Å². The van der Waals surface area contributed by atoms with Crippen LogP contribution in [0, 0.1) is 0 Å². The molecule has 0 amide bonds. The van der Waals surface area contributed by atoms with E-state index >= 15 is 0 Å². The molecule has 4 nitrogen and oxygen atoms in total. The zero-order chi connectivity index (χ0) is 13.7. The molecule has 1 aromatic rings. The van der Waals surface area contributed by atoms with Crippen molar-refractivity contribution in [2.24, 2.45) is 0 Å². The van der Waals surface area contributed by atoms with Gasteiger partial charge in [0, 0.05) is 12.6 Å². The second kappa shape index (κ2) is 7.24. The maximum atomic E-state index is 5.61. The van der Waals surface area contributed by atoms with Crippen LogP contribution in [0.2, 0.25) is 0 Å². The van der Waals surface area contributed by atoms with Crippen molar-refractivity contribution >= 4 is 15.9 Å². The lowest BCUT2D eigenvalue weighted by molar-refractivity contribution is -0.0869. The summed E-state index contributed by atoms with van der Waals surface area (Å²) in [5, 5.41) is 3.47. The Kier molecular flexibility index (Phi) is 5.63. The third kappa shape index (κ3) is 4.18. The molecule has 1 heterocycles. The average Bonchev–Trinajstić information content (AvgIpc) is 2.45. The van der Waals surface area contributed by atoms with Crippen molar-refractivity contribution in [3.63, 3.8) is 0 Å². The molecule has 0 spiro atoms. The molecule has 2 unspecified atom stereocenters. The molecule has 1 fully saturated rings. The molecular weight excluding hydrogens is 310 g/mol. The zero-order valence-electron chi connectivity index (χ0n) is 11.3. The highest BCUT2D eigenvalue weighted by Gasteiger charge is 2.16. The second-order valence-corrected chi connectivity index (χ2v) is 5.45. The van der Waals surface area contributed by atoms with Crippen molar-refractivity contribution in [3.05, 3.63) is 28.2 Å². The van der Waals surface area contributed by atoms with E-state index < -0.39 is 0 Å². The van der Waals surface area contributed by atoms with Crippen molar-refractivity contribution in [2.45, 2.75) is 19.1 Å². The summed E-state index contributed by atoms with van der Waals surface area (Å²) in [5.41, 5.74) is 1.21. The third-order valence-corrected chi connectivity index (χ3v) is 3.83. The quantitative estimate of drug-likeness (QED) is 0.901. The van der Waals surface area contributed by atoms with Gasteiger partial charge in [0.05, 0.1) is 37.5 Å². The van der Waals surface area contributed by atoms with E-state index in [1.807, 2.05) is 6.07 Å². The summed E-state index contributed by atoms with van der Waals surface area (Å²) in [4.78, 5) is 0. The lowest BCUT2D eigenvalue weighted by Gasteiger charge is -2.25. The second-order valence-electron chi connectivity index (χ2n) is 4.59. The molecule has 1 aliphatic heterocycles. The minimum absolute atomic E-state index is 0.151. The maximum absolute atomic E-state index is 5.61. The van der Waals surface area contributed by atoms with Crippen LogP contribution in [-0.2, 0) is 9.47 Å². The van der Waals surface area contributed by atoms with Crippen LogP contribution in [0.4, 0.5) is 0 Å². The van der Waals surface area contributed by atoms with Gasteiger partial charge in [0.15, 0.2) is 0 Å². The highest BCUT2D eigenvalue weighted by Crippen LogP contribution is 2.27. The van der Waals surface area contributed by atoms with Gasteiger partial charge in [0.2, 0.25) is 0 Å². The van der Waals surface area contributed by atoms with Crippen LogP contribution in [0.25, 0.3) is 0 Å². The topological polar surface area (TPSA) is 39.7 Å². The SMILES string of the molecule is COc1ccc(C(C)NCC2COCCO2)cc1Br. The smallest absolute Gasteiger partial charge is 0.133 e. The molecular formula is C14H20BrNO3. The van der Waals surface area contributed by atoms with Gasteiger partial charge in [-0.2, -0.15) is 0 Å². The first-order valence-corrected chi connectivity index (χ1v) is 7.26. The van der Waals surface area contributed by atoms with E-state index in [1.165, 1.54) is 5.56 Å². The van der Waals surface area contributed by atoms with Gasteiger partial charge in [0.25, 0.3) is 0 Å². The van der Waals surface area contributed by atoms with Crippen molar-refractivity contribution in [1.82, 2.24) is 5.32 Å². The molecule has 1 aromatic carbocycles. The summed E-state index contributed by atoms with van der Waals surface area (Å²) in [6.45, 7) is 5.00. The van der Waals surface area contributed by atoms with Gasteiger partial charge < -0.3 is 19.5 Å². The van der Waals surface area contributed by atoms with Crippen LogP contribution in [0.1, 0.15) is 18.5 Å². The third-order valence-electron chi connectivity index (χ3n) is 3.21. The molecule has 1 aliphatic rings. The van der Waals surface area contributed by atoms with Crippen molar-refractivity contribution in [2.75, 3.05) is 33.5 Å². The largest absolute Gasteiger partial charge is 0.496 e. The summed E-state index contributed by atoms with van der Waals surface area (Å²) in [6, 6.07) is 6.37. The Labute approximate surface area is 122 Å². The van der Waals surface area contributed by atoms with Gasteiger partial charge >= 0.3 is 0 Å². The predicted octanol–water partition coefficient (Wildman–Crippen LogP) is 2.52. The van der Waals surface area contributed by atoms with E-state index in [2.05, 4.69) is 40.3 Å². The monoisotopic (exact) mass is 329 g/mol. The van der Waals surface area contributed by atoms with Crippen LogP contribution < -0.4 is 10.1 Å². The maximum Gasteiger partial charge on any atom is 0.133 e. The summed E-state index contributed by atoms with van der Waals surface area (Å²) >= 11 is 3.51. The summed E-state index contributed by atoms with van der Waals surface area (Å²) < 4.78 is 17.2. The van der Waals surface area contributed by atoms with Crippen molar-refractivity contribution < 1.29 is 14.2 Å². The number of hydrogen-bond acceptors (Lipinski definition) is 4. The standard InChI is InChI=1S/C14H20BrNO3/c1-10(16-8-12-9-18-5-6-19-12)11-3-4-14(17-2)13(15)7-11/h3-4,7,10,12,16H,5-6,8-9H2,1-2H3. The fraction of sp³-hybridized carbons (Fsp3) is 0.571. The summed E-state index contributed by atoms with van der Waals surface area (Å²) in [5.74, 6) is 0.847. The minimum atomic E-state index is 0.151. The van der Waals surface area contributed by atoms with Crippen LogP contribution in [0.15, 0.2) is 22.7 Å². The van der Waals surface area contributed by atoms with Gasteiger partial charge in [-0.05, 0) is 40.5 Å². The Morgan fingerprint density at radius 3 is 2.95 bits per heavy atom. The Bertz CT molecular complexity index is 408. The Morgan fingerprint density at radius 2 is 2.32 bits per heavy atom. The predicted molar refractivity (Wildman–Crippen MR) is 77.7 cm³/mol. The van der Waals surface area contributed by atoms with Crippen LogP contribution in [0.3, 0.4) is 0 Å². The number of rotatable bonds is 5. The molecule has 0 aliphatic carbocycles. The number of halogens is 1. The first kappa shape index (κ1) is 14.8. The molecule has 0 saturated carbocycles. The first-order valence-electron chi connectivity index (χ1n) is 6.47. The van der Waals surface area contributed by atoms with E-state index in [1.54, 1.807) is 7.11 Å². The fourth-order valence-electron chi connectivity index (χ4n) is 2.03. The van der Waals surface area contributed by atoms with Gasteiger partial charge in [-0.25, -0.2) is 0 Å². The summed E-state index contributed by atoms with van der Waals surface area (Å²) in [6.07, 6.45) is 0.151. The number of benzene rings is 1. The molecule has 1 saturated heterocycles. The van der Waals surface area contributed by atoms with Gasteiger partial charge in [0.1, 0.15) is 5.75 Å². The molecule has 2 rings (SSSR count). The van der Waals surface area contributed by atoms with E-state index in [0.29, 0.717) is 19.8 Å². The Morgan fingerprint density at radius 1 is 1.47 bits per heavy atom. The number of nitrogens with one attached hydrogen (secondary N) is 1. The minimum Gasteiger partial charge on any atom is -0.496 e. The molecule has 1 N–H and O–H groups in total. The molecule has 5 heteroatoms.